The first-order chi connectivity index (χ1) is 13.5. The van der Waals surface area contributed by atoms with Crippen molar-refractivity contribution in [2.24, 2.45) is 4.99 Å². The normalized spacial score (nSPS) is 16.2. The molecule has 0 radical (unpaired) electrons. The smallest absolute Gasteiger partial charge is 0.251 e. The molecule has 0 bridgehead atoms. The van der Waals surface area contributed by atoms with Gasteiger partial charge in [0.05, 0.1) is 13.1 Å². The molecule has 1 aromatic rings. The summed E-state index contributed by atoms with van der Waals surface area (Å²) in [6.45, 7) is 4.58. The number of carbonyl (C=O) groups excluding carboxylic acids is 1. The van der Waals surface area contributed by atoms with Gasteiger partial charge >= 0.3 is 0 Å². The van der Waals surface area contributed by atoms with E-state index < -0.39 is 6.43 Å². The Morgan fingerprint density at radius 2 is 1.93 bits per heavy atom. The number of alkyl halides is 2. The van der Waals surface area contributed by atoms with E-state index in [2.05, 4.69) is 20.9 Å². The first-order valence-electron chi connectivity index (χ1n) is 9.60. The van der Waals surface area contributed by atoms with E-state index in [-0.39, 0.29) is 24.2 Å². The van der Waals surface area contributed by atoms with Gasteiger partial charge in [-0.25, -0.2) is 8.78 Å². The predicted molar refractivity (Wildman–Crippen MR) is 105 cm³/mol. The Bertz CT molecular complexity index is 632. The van der Waals surface area contributed by atoms with Crippen LogP contribution in [0.2, 0.25) is 0 Å². The lowest BCUT2D eigenvalue weighted by Gasteiger charge is -2.32. The van der Waals surface area contributed by atoms with Crippen molar-refractivity contribution in [3.63, 3.8) is 0 Å². The summed E-state index contributed by atoms with van der Waals surface area (Å²) < 4.78 is 24.9. The maximum atomic E-state index is 12.5. The number of rotatable bonds is 8. The highest BCUT2D eigenvalue weighted by Gasteiger charge is 2.21. The average Bonchev–Trinajstić information content (AvgIpc) is 2.67. The van der Waals surface area contributed by atoms with Gasteiger partial charge in [0.25, 0.3) is 12.3 Å². The van der Waals surface area contributed by atoms with Crippen LogP contribution in [0.1, 0.15) is 30.1 Å². The van der Waals surface area contributed by atoms with Gasteiger partial charge in [0, 0.05) is 37.8 Å². The number of nitrogens with one attached hydrogen (secondary N) is 3. The molecule has 2 rings (SSSR count). The van der Waals surface area contributed by atoms with Crippen LogP contribution in [-0.2, 0) is 0 Å². The number of nitrogens with zero attached hydrogens (tertiary/aromatic N) is 2. The number of hydrogen-bond donors (Lipinski definition) is 4. The summed E-state index contributed by atoms with van der Waals surface area (Å²) in [5, 5.41) is 18.5. The number of likely N-dealkylation sites (tertiary alicyclic amines) is 1. The van der Waals surface area contributed by atoms with Crippen LogP contribution in [0.15, 0.2) is 29.3 Å². The highest BCUT2D eigenvalue weighted by atomic mass is 19.3. The van der Waals surface area contributed by atoms with Gasteiger partial charge in [-0.1, -0.05) is 0 Å². The van der Waals surface area contributed by atoms with E-state index in [9.17, 15) is 18.7 Å². The number of amides is 1. The van der Waals surface area contributed by atoms with E-state index >= 15 is 0 Å². The number of carbonyl (C=O) groups is 1. The van der Waals surface area contributed by atoms with Crippen LogP contribution in [0, 0.1) is 0 Å². The molecule has 1 amide bonds. The van der Waals surface area contributed by atoms with Crippen molar-refractivity contribution in [1.29, 1.82) is 0 Å². The maximum absolute atomic E-state index is 12.5. The van der Waals surface area contributed by atoms with Crippen molar-refractivity contribution < 1.29 is 18.7 Å². The third-order valence-corrected chi connectivity index (χ3v) is 4.47. The molecule has 1 saturated heterocycles. The molecule has 1 aromatic carbocycles. The SMILES string of the molecule is CCNC(=NCCNC(=O)c1ccc(O)cc1)NC1CCN(CC(F)F)CC1. The molecular formula is C19H29F2N5O2. The van der Waals surface area contributed by atoms with Crippen LogP contribution < -0.4 is 16.0 Å². The molecule has 0 atom stereocenters. The first-order valence-corrected chi connectivity index (χ1v) is 9.60. The highest BCUT2D eigenvalue weighted by Crippen LogP contribution is 2.12. The van der Waals surface area contributed by atoms with Crippen LogP contribution in [-0.4, -0.2) is 73.6 Å². The van der Waals surface area contributed by atoms with Gasteiger partial charge in [-0.15, -0.1) is 0 Å². The van der Waals surface area contributed by atoms with Gasteiger partial charge in [-0.3, -0.25) is 14.7 Å². The second-order valence-electron chi connectivity index (χ2n) is 6.67. The zero-order chi connectivity index (χ0) is 20.4. The minimum absolute atomic E-state index is 0.113. The minimum Gasteiger partial charge on any atom is -0.508 e. The number of phenols is 1. The maximum Gasteiger partial charge on any atom is 0.251 e. The molecule has 1 aliphatic heterocycles. The molecule has 0 spiro atoms. The molecule has 1 aliphatic rings. The molecule has 9 heteroatoms. The first kappa shape index (κ1) is 21.9. The number of benzene rings is 1. The number of hydrogen-bond acceptors (Lipinski definition) is 4. The van der Waals surface area contributed by atoms with Gasteiger partial charge < -0.3 is 21.1 Å². The quantitative estimate of drug-likeness (QED) is 0.303. The zero-order valence-electron chi connectivity index (χ0n) is 16.1. The minimum atomic E-state index is -2.29. The summed E-state index contributed by atoms with van der Waals surface area (Å²) in [6.07, 6.45) is -0.719. The van der Waals surface area contributed by atoms with Crippen molar-refractivity contribution in [1.82, 2.24) is 20.9 Å². The Balaban J connectivity index is 1.74. The summed E-state index contributed by atoms with van der Waals surface area (Å²) >= 11 is 0. The molecule has 0 aromatic heterocycles. The van der Waals surface area contributed by atoms with Crippen LogP contribution in [0.4, 0.5) is 8.78 Å². The molecule has 0 saturated carbocycles. The largest absolute Gasteiger partial charge is 0.508 e. The van der Waals surface area contributed by atoms with Crippen LogP contribution >= 0.6 is 0 Å². The Hall–Kier alpha value is -2.42. The topological polar surface area (TPSA) is 89.0 Å². The monoisotopic (exact) mass is 397 g/mol. The summed E-state index contributed by atoms with van der Waals surface area (Å²) in [5.74, 6) is 0.552. The zero-order valence-corrected chi connectivity index (χ0v) is 16.1. The van der Waals surface area contributed by atoms with Crippen molar-refractivity contribution in [2.45, 2.75) is 32.2 Å². The van der Waals surface area contributed by atoms with Gasteiger partial charge in [0.1, 0.15) is 5.75 Å². The average molecular weight is 397 g/mol. The van der Waals surface area contributed by atoms with Crippen LogP contribution in [0.5, 0.6) is 5.75 Å². The summed E-state index contributed by atoms with van der Waals surface area (Å²) in [6, 6.07) is 6.23. The number of aliphatic imine (C=N–C) groups is 1. The number of guanidine groups is 1. The highest BCUT2D eigenvalue weighted by molar-refractivity contribution is 5.94. The van der Waals surface area contributed by atoms with E-state index in [1.54, 1.807) is 17.0 Å². The summed E-state index contributed by atoms with van der Waals surface area (Å²) in [7, 11) is 0. The number of halogens is 2. The Kier molecular flexibility index (Phi) is 8.93. The molecule has 156 valence electrons. The molecule has 1 heterocycles. The molecule has 0 aliphatic carbocycles. The van der Waals surface area contributed by atoms with Gasteiger partial charge in [0.2, 0.25) is 0 Å². The van der Waals surface area contributed by atoms with Crippen LogP contribution in [0.25, 0.3) is 0 Å². The third-order valence-electron chi connectivity index (χ3n) is 4.47. The fourth-order valence-corrected chi connectivity index (χ4v) is 3.02. The second kappa shape index (κ2) is 11.4. The second-order valence-corrected chi connectivity index (χ2v) is 6.67. The van der Waals surface area contributed by atoms with E-state index in [1.165, 1.54) is 12.1 Å². The fourth-order valence-electron chi connectivity index (χ4n) is 3.02. The number of phenolic OH excluding ortho intramolecular Hbond substituents is 1. The predicted octanol–water partition coefficient (Wildman–Crippen LogP) is 1.41. The molecular weight excluding hydrogens is 368 g/mol. The number of aromatic hydroxyl groups is 1. The van der Waals surface area contributed by atoms with E-state index in [4.69, 9.17) is 0 Å². The van der Waals surface area contributed by atoms with E-state index in [0.717, 1.165) is 12.8 Å². The summed E-state index contributed by atoms with van der Waals surface area (Å²) in [5.41, 5.74) is 0.474. The fraction of sp³-hybridized carbons (Fsp3) is 0.579. The Morgan fingerprint density at radius 3 is 2.54 bits per heavy atom. The lowest BCUT2D eigenvalue weighted by molar-refractivity contribution is 0.0744. The molecule has 7 nitrogen and oxygen atoms in total. The molecule has 4 N–H and O–H groups in total. The van der Waals surface area contributed by atoms with Crippen molar-refractivity contribution in [3.8, 4) is 5.75 Å². The van der Waals surface area contributed by atoms with Gasteiger partial charge in [-0.2, -0.15) is 0 Å². The molecule has 28 heavy (non-hydrogen) atoms. The lowest BCUT2D eigenvalue weighted by Crippen LogP contribution is -2.49. The van der Waals surface area contributed by atoms with Crippen LogP contribution in [0.3, 0.4) is 0 Å². The van der Waals surface area contributed by atoms with E-state index in [1.807, 2.05) is 6.92 Å². The summed E-state index contributed by atoms with van der Waals surface area (Å²) in [4.78, 5) is 18.3. The van der Waals surface area contributed by atoms with E-state index in [0.29, 0.717) is 44.2 Å². The molecule has 1 fully saturated rings. The third kappa shape index (κ3) is 7.67. The standard InChI is InChI=1S/C19H29F2N5O2/c1-2-22-19(25-15-7-11-26(12-8-15)13-17(20)21)24-10-9-23-18(28)14-3-5-16(27)6-4-14/h3-6,15,17,27H,2,7-13H2,1H3,(H,23,28)(H2,22,24,25). The Morgan fingerprint density at radius 1 is 1.25 bits per heavy atom. The van der Waals surface area contributed by atoms with Gasteiger partial charge in [0.15, 0.2) is 5.96 Å². The lowest BCUT2D eigenvalue weighted by atomic mass is 10.1. The van der Waals surface area contributed by atoms with Crippen molar-refractivity contribution >= 4 is 11.9 Å². The van der Waals surface area contributed by atoms with Crippen molar-refractivity contribution in [3.05, 3.63) is 29.8 Å². The number of piperidine rings is 1. The Labute approximate surface area is 164 Å². The molecule has 0 unspecified atom stereocenters. The van der Waals surface area contributed by atoms with Gasteiger partial charge in [-0.05, 0) is 44.0 Å². The van der Waals surface area contributed by atoms with Crippen molar-refractivity contribution in [2.75, 3.05) is 39.3 Å².